The molecule has 1 saturated heterocycles. The molecule has 0 atom stereocenters. The second-order valence-electron chi connectivity index (χ2n) is 8.01. The molecule has 0 bridgehead atoms. The van der Waals surface area contributed by atoms with E-state index in [1.807, 2.05) is 71.6 Å². The summed E-state index contributed by atoms with van der Waals surface area (Å²) in [6.07, 6.45) is 0. The van der Waals surface area contributed by atoms with Crippen LogP contribution in [0, 0.1) is 0 Å². The molecule has 0 spiro atoms. The molecule has 6 nitrogen and oxygen atoms in total. The van der Waals surface area contributed by atoms with Gasteiger partial charge in [0.15, 0.2) is 0 Å². The average Bonchev–Trinajstić information content (AvgIpc) is 2.89. The van der Waals surface area contributed by atoms with Crippen molar-refractivity contribution in [3.05, 3.63) is 108 Å². The number of nitrogens with one attached hydrogen (secondary N) is 1. The summed E-state index contributed by atoms with van der Waals surface area (Å²) < 4.78 is 0. The van der Waals surface area contributed by atoms with E-state index in [2.05, 4.69) is 5.32 Å². The second-order valence-corrected chi connectivity index (χ2v) is 8.01. The maximum atomic E-state index is 13.5. The van der Waals surface area contributed by atoms with Crippen LogP contribution in [0.3, 0.4) is 0 Å². The van der Waals surface area contributed by atoms with Gasteiger partial charge >= 0.3 is 0 Å². The van der Waals surface area contributed by atoms with Crippen LogP contribution < -0.4 is 5.32 Å². The minimum atomic E-state index is -0.375. The van der Waals surface area contributed by atoms with E-state index < -0.39 is 0 Å². The predicted molar refractivity (Wildman–Crippen MR) is 127 cm³/mol. The van der Waals surface area contributed by atoms with Gasteiger partial charge in [0.25, 0.3) is 5.91 Å². The third-order valence-electron chi connectivity index (χ3n) is 5.89. The summed E-state index contributed by atoms with van der Waals surface area (Å²) in [5.41, 5.74) is 2.43. The Bertz CT molecular complexity index is 1040. The molecule has 3 aromatic carbocycles. The zero-order valence-electron chi connectivity index (χ0n) is 18.4. The zero-order chi connectivity index (χ0) is 23.0. The Morgan fingerprint density at radius 1 is 0.667 bits per heavy atom. The van der Waals surface area contributed by atoms with Gasteiger partial charge in [-0.15, -0.1) is 0 Å². The van der Waals surface area contributed by atoms with Gasteiger partial charge in [0.1, 0.15) is 0 Å². The minimum absolute atomic E-state index is 0.0388. The highest BCUT2D eigenvalue weighted by Gasteiger charge is 2.30. The van der Waals surface area contributed by atoms with E-state index in [0.29, 0.717) is 31.7 Å². The molecular weight excluding hydrogens is 414 g/mol. The molecule has 3 aromatic rings. The van der Waals surface area contributed by atoms with Crippen molar-refractivity contribution < 1.29 is 14.4 Å². The molecule has 0 unspecified atom stereocenters. The second kappa shape index (κ2) is 10.6. The number of piperazine rings is 1. The number of nitrogens with zero attached hydrogens (tertiary/aromatic N) is 2. The summed E-state index contributed by atoms with van der Waals surface area (Å²) in [7, 11) is 0. The molecule has 1 fully saturated rings. The van der Waals surface area contributed by atoms with Crippen LogP contribution in [0.4, 0.5) is 0 Å². The van der Waals surface area contributed by atoms with Crippen molar-refractivity contribution in [2.45, 2.75) is 5.92 Å². The normalized spacial score (nSPS) is 13.6. The van der Waals surface area contributed by atoms with Crippen LogP contribution in [0.25, 0.3) is 0 Å². The van der Waals surface area contributed by atoms with E-state index in [-0.39, 0.29) is 30.2 Å². The maximum absolute atomic E-state index is 13.5. The van der Waals surface area contributed by atoms with Gasteiger partial charge in [0.05, 0.1) is 12.5 Å². The Hall–Kier alpha value is -3.93. The molecule has 1 heterocycles. The molecular formula is C27H27N3O3. The van der Waals surface area contributed by atoms with Crippen molar-refractivity contribution in [1.82, 2.24) is 15.1 Å². The fraction of sp³-hybridized carbons (Fsp3) is 0.222. The van der Waals surface area contributed by atoms with Crippen LogP contribution in [0.2, 0.25) is 0 Å². The van der Waals surface area contributed by atoms with Gasteiger partial charge in [-0.25, -0.2) is 0 Å². The van der Waals surface area contributed by atoms with E-state index in [9.17, 15) is 14.4 Å². The van der Waals surface area contributed by atoms with Gasteiger partial charge in [-0.2, -0.15) is 0 Å². The summed E-state index contributed by atoms with van der Waals surface area (Å²) in [6.45, 7) is 1.77. The van der Waals surface area contributed by atoms with Crippen LogP contribution >= 0.6 is 0 Å². The van der Waals surface area contributed by atoms with Crippen LogP contribution in [0.1, 0.15) is 27.4 Å². The van der Waals surface area contributed by atoms with Crippen molar-refractivity contribution >= 4 is 17.7 Å². The first kappa shape index (κ1) is 22.3. The Morgan fingerprint density at radius 3 is 1.64 bits per heavy atom. The summed E-state index contributed by atoms with van der Waals surface area (Å²) in [4.78, 5) is 41.8. The fourth-order valence-electron chi connectivity index (χ4n) is 4.09. The van der Waals surface area contributed by atoms with Crippen LogP contribution in [-0.4, -0.2) is 60.2 Å². The lowest BCUT2D eigenvalue weighted by molar-refractivity contribution is -0.139. The van der Waals surface area contributed by atoms with E-state index >= 15 is 0 Å². The summed E-state index contributed by atoms with van der Waals surface area (Å²) in [5, 5.41) is 2.68. The standard InChI is InChI=1S/C27H27N3O3/c31-24(20-28-26(32)23-14-8-3-9-15-23)29-16-18-30(19-17-29)27(33)25(21-10-4-1-5-11-21)22-12-6-2-7-13-22/h1-15,25H,16-20H2,(H,28,32). The molecule has 3 amide bonds. The largest absolute Gasteiger partial charge is 0.343 e. The van der Waals surface area contributed by atoms with Crippen molar-refractivity contribution in [2.24, 2.45) is 0 Å². The molecule has 0 saturated carbocycles. The van der Waals surface area contributed by atoms with Crippen LogP contribution in [0.15, 0.2) is 91.0 Å². The van der Waals surface area contributed by atoms with Crippen molar-refractivity contribution in [2.75, 3.05) is 32.7 Å². The van der Waals surface area contributed by atoms with Gasteiger partial charge in [-0.3, -0.25) is 14.4 Å². The Labute approximate surface area is 193 Å². The predicted octanol–water partition coefficient (Wildman–Crippen LogP) is 2.92. The fourth-order valence-corrected chi connectivity index (χ4v) is 4.09. The van der Waals surface area contributed by atoms with Crippen molar-refractivity contribution in [3.8, 4) is 0 Å². The molecule has 1 N–H and O–H groups in total. The Kier molecular flexibility index (Phi) is 7.15. The lowest BCUT2D eigenvalue weighted by atomic mass is 9.90. The topological polar surface area (TPSA) is 69.7 Å². The van der Waals surface area contributed by atoms with Gasteiger partial charge in [0.2, 0.25) is 11.8 Å². The van der Waals surface area contributed by atoms with Gasteiger partial charge in [-0.05, 0) is 23.3 Å². The summed E-state index contributed by atoms with van der Waals surface area (Å²) in [6, 6.07) is 28.4. The number of amides is 3. The molecule has 0 aliphatic carbocycles. The monoisotopic (exact) mass is 441 g/mol. The number of carbonyl (C=O) groups excluding carboxylic acids is 3. The third-order valence-corrected chi connectivity index (χ3v) is 5.89. The molecule has 0 aromatic heterocycles. The SMILES string of the molecule is O=C(NCC(=O)N1CCN(C(=O)C(c2ccccc2)c2ccccc2)CC1)c1ccccc1. The van der Waals surface area contributed by atoms with Crippen molar-refractivity contribution in [1.29, 1.82) is 0 Å². The highest BCUT2D eigenvalue weighted by molar-refractivity contribution is 5.96. The van der Waals surface area contributed by atoms with E-state index in [0.717, 1.165) is 11.1 Å². The smallest absolute Gasteiger partial charge is 0.251 e. The highest BCUT2D eigenvalue weighted by atomic mass is 16.2. The molecule has 4 rings (SSSR count). The highest BCUT2D eigenvalue weighted by Crippen LogP contribution is 2.27. The van der Waals surface area contributed by atoms with E-state index in [1.165, 1.54) is 0 Å². The van der Waals surface area contributed by atoms with Gasteiger partial charge in [-0.1, -0.05) is 78.9 Å². The first-order valence-electron chi connectivity index (χ1n) is 11.1. The summed E-state index contributed by atoms with van der Waals surface area (Å²) in [5.74, 6) is -0.753. The molecule has 1 aliphatic rings. The van der Waals surface area contributed by atoms with Crippen molar-refractivity contribution in [3.63, 3.8) is 0 Å². The lowest BCUT2D eigenvalue weighted by Gasteiger charge is -2.36. The Morgan fingerprint density at radius 2 is 1.12 bits per heavy atom. The number of hydrogen-bond acceptors (Lipinski definition) is 3. The molecule has 0 radical (unpaired) electrons. The first-order valence-corrected chi connectivity index (χ1v) is 11.1. The lowest BCUT2D eigenvalue weighted by Crippen LogP contribution is -2.53. The van der Waals surface area contributed by atoms with Gasteiger partial charge < -0.3 is 15.1 Å². The van der Waals surface area contributed by atoms with Crippen LogP contribution in [-0.2, 0) is 9.59 Å². The zero-order valence-corrected chi connectivity index (χ0v) is 18.4. The molecule has 168 valence electrons. The average molecular weight is 442 g/mol. The quantitative estimate of drug-likeness (QED) is 0.640. The number of benzene rings is 3. The molecule has 1 aliphatic heterocycles. The van der Waals surface area contributed by atoms with Gasteiger partial charge in [0, 0.05) is 31.7 Å². The van der Waals surface area contributed by atoms with E-state index in [4.69, 9.17) is 0 Å². The first-order chi connectivity index (χ1) is 16.1. The van der Waals surface area contributed by atoms with Crippen LogP contribution in [0.5, 0.6) is 0 Å². The minimum Gasteiger partial charge on any atom is -0.343 e. The maximum Gasteiger partial charge on any atom is 0.251 e. The molecule has 33 heavy (non-hydrogen) atoms. The Balaban J connectivity index is 1.36. The number of rotatable bonds is 6. The number of carbonyl (C=O) groups is 3. The third kappa shape index (κ3) is 5.47. The molecule has 6 heteroatoms. The van der Waals surface area contributed by atoms with E-state index in [1.54, 1.807) is 29.2 Å². The number of hydrogen-bond donors (Lipinski definition) is 1. The summed E-state index contributed by atoms with van der Waals surface area (Å²) >= 11 is 0.